The number of nitrogen functional groups attached to an aromatic ring is 1. The predicted molar refractivity (Wildman–Crippen MR) is 58.1 cm³/mol. The molecule has 1 aromatic rings. The third-order valence-corrected chi connectivity index (χ3v) is 2.69. The van der Waals surface area contributed by atoms with Crippen LogP contribution < -0.4 is 5.73 Å². The minimum atomic E-state index is -0.494. The second-order valence-electron chi connectivity index (χ2n) is 2.76. The average molecular weight is 230 g/mol. The summed E-state index contributed by atoms with van der Waals surface area (Å²) in [5.74, 6) is -0.494. The molecule has 0 unspecified atom stereocenters. The molecule has 0 bridgehead atoms. The number of thiazole rings is 1. The first-order chi connectivity index (χ1) is 7.19. The Kier molecular flexibility index (Phi) is 4.51. The van der Waals surface area contributed by atoms with E-state index in [0.717, 1.165) is 5.01 Å². The Morgan fingerprint density at radius 1 is 1.60 bits per heavy atom. The molecule has 0 spiro atoms. The standard InChI is InChI=1S/C9H14N2O3S/c1-3-14-5-4-6-11-7(8(10)15-6)9(12)13-2/h3-5,10H2,1-2H3. The lowest BCUT2D eigenvalue weighted by molar-refractivity contribution is 0.0595. The molecule has 0 amide bonds. The van der Waals surface area contributed by atoms with Gasteiger partial charge in [0.25, 0.3) is 0 Å². The van der Waals surface area contributed by atoms with Crippen LogP contribution in [0.4, 0.5) is 5.00 Å². The fourth-order valence-corrected chi connectivity index (χ4v) is 1.83. The molecule has 0 aliphatic heterocycles. The molecule has 84 valence electrons. The highest BCUT2D eigenvalue weighted by Crippen LogP contribution is 2.22. The molecule has 1 rings (SSSR count). The van der Waals surface area contributed by atoms with Gasteiger partial charge in [-0.1, -0.05) is 0 Å². The molecule has 0 aliphatic rings. The molecular weight excluding hydrogens is 216 g/mol. The van der Waals surface area contributed by atoms with Gasteiger partial charge in [-0.3, -0.25) is 0 Å². The fraction of sp³-hybridized carbons (Fsp3) is 0.556. The van der Waals surface area contributed by atoms with Crippen molar-refractivity contribution in [3.63, 3.8) is 0 Å². The Morgan fingerprint density at radius 2 is 2.33 bits per heavy atom. The molecule has 1 aromatic heterocycles. The van der Waals surface area contributed by atoms with Crippen molar-refractivity contribution in [1.82, 2.24) is 4.98 Å². The topological polar surface area (TPSA) is 74.4 Å². The number of aromatic nitrogens is 1. The van der Waals surface area contributed by atoms with Crippen molar-refractivity contribution in [3.05, 3.63) is 10.7 Å². The lowest BCUT2D eigenvalue weighted by atomic mass is 10.4. The number of carbonyl (C=O) groups is 1. The number of esters is 1. The summed E-state index contributed by atoms with van der Waals surface area (Å²) < 4.78 is 9.73. The molecule has 0 saturated carbocycles. The fourth-order valence-electron chi connectivity index (χ4n) is 1.03. The minimum absolute atomic E-state index is 0.203. The summed E-state index contributed by atoms with van der Waals surface area (Å²) >= 11 is 1.29. The Morgan fingerprint density at radius 3 is 2.93 bits per heavy atom. The molecule has 0 radical (unpaired) electrons. The van der Waals surface area contributed by atoms with Crippen molar-refractivity contribution in [2.24, 2.45) is 0 Å². The van der Waals surface area contributed by atoms with Crippen molar-refractivity contribution in [2.75, 3.05) is 26.1 Å². The molecule has 0 saturated heterocycles. The van der Waals surface area contributed by atoms with E-state index >= 15 is 0 Å². The van der Waals surface area contributed by atoms with Crippen molar-refractivity contribution in [2.45, 2.75) is 13.3 Å². The number of hydrogen-bond donors (Lipinski definition) is 1. The van der Waals surface area contributed by atoms with Crippen molar-refractivity contribution in [1.29, 1.82) is 0 Å². The monoisotopic (exact) mass is 230 g/mol. The Balaban J connectivity index is 2.64. The van der Waals surface area contributed by atoms with Gasteiger partial charge < -0.3 is 15.2 Å². The van der Waals surface area contributed by atoms with E-state index in [1.54, 1.807) is 0 Å². The molecule has 0 atom stereocenters. The van der Waals surface area contributed by atoms with Gasteiger partial charge in [-0.2, -0.15) is 0 Å². The van der Waals surface area contributed by atoms with Crippen LogP contribution >= 0.6 is 11.3 Å². The van der Waals surface area contributed by atoms with Crippen LogP contribution in [-0.4, -0.2) is 31.3 Å². The van der Waals surface area contributed by atoms with Crippen LogP contribution in [0, 0.1) is 0 Å². The molecule has 0 aliphatic carbocycles. The second kappa shape index (κ2) is 5.67. The molecule has 1 heterocycles. The van der Waals surface area contributed by atoms with Crippen molar-refractivity contribution >= 4 is 22.3 Å². The van der Waals surface area contributed by atoms with Crippen LogP contribution in [0.2, 0.25) is 0 Å². The Labute approximate surface area is 92.2 Å². The molecule has 5 nitrogen and oxygen atoms in total. The van der Waals surface area contributed by atoms with Gasteiger partial charge in [0.1, 0.15) is 5.00 Å². The third-order valence-electron chi connectivity index (χ3n) is 1.74. The van der Waals surface area contributed by atoms with E-state index in [1.807, 2.05) is 6.92 Å². The molecule has 2 N–H and O–H groups in total. The molecule has 6 heteroatoms. The summed E-state index contributed by atoms with van der Waals surface area (Å²) in [5, 5.41) is 1.19. The van der Waals surface area contributed by atoms with Gasteiger partial charge in [-0.05, 0) is 6.92 Å². The van der Waals surface area contributed by atoms with Gasteiger partial charge in [0.05, 0.1) is 18.7 Å². The minimum Gasteiger partial charge on any atom is -0.464 e. The lowest BCUT2D eigenvalue weighted by Crippen LogP contribution is -2.05. The van der Waals surface area contributed by atoms with Gasteiger partial charge in [0.15, 0.2) is 5.69 Å². The smallest absolute Gasteiger partial charge is 0.359 e. The van der Waals surface area contributed by atoms with Crippen LogP contribution in [0.3, 0.4) is 0 Å². The first-order valence-corrected chi connectivity index (χ1v) is 5.42. The van der Waals surface area contributed by atoms with Gasteiger partial charge in [0, 0.05) is 13.0 Å². The maximum absolute atomic E-state index is 11.2. The third kappa shape index (κ3) is 3.17. The summed E-state index contributed by atoms with van der Waals surface area (Å²) in [6, 6.07) is 0. The number of nitrogens with zero attached hydrogens (tertiary/aromatic N) is 1. The zero-order valence-electron chi connectivity index (χ0n) is 8.78. The quantitative estimate of drug-likeness (QED) is 0.605. The normalized spacial score (nSPS) is 10.3. The van der Waals surface area contributed by atoms with Crippen LogP contribution in [0.25, 0.3) is 0 Å². The van der Waals surface area contributed by atoms with Crippen LogP contribution in [0.15, 0.2) is 0 Å². The highest BCUT2D eigenvalue weighted by Gasteiger charge is 2.16. The zero-order valence-corrected chi connectivity index (χ0v) is 9.60. The molecule has 15 heavy (non-hydrogen) atoms. The van der Waals surface area contributed by atoms with Gasteiger partial charge in [0.2, 0.25) is 0 Å². The summed E-state index contributed by atoms with van der Waals surface area (Å²) in [6.45, 7) is 3.19. The van der Waals surface area contributed by atoms with E-state index in [2.05, 4.69) is 9.72 Å². The van der Waals surface area contributed by atoms with Gasteiger partial charge >= 0.3 is 5.97 Å². The number of nitrogens with two attached hydrogens (primary N) is 1. The van der Waals surface area contributed by atoms with Gasteiger partial charge in [-0.25, -0.2) is 9.78 Å². The van der Waals surface area contributed by atoms with E-state index < -0.39 is 5.97 Å². The largest absolute Gasteiger partial charge is 0.464 e. The molecular formula is C9H14N2O3S. The molecule has 0 aromatic carbocycles. The first kappa shape index (κ1) is 11.9. The maximum Gasteiger partial charge on any atom is 0.359 e. The lowest BCUT2D eigenvalue weighted by Gasteiger charge is -1.96. The van der Waals surface area contributed by atoms with Crippen LogP contribution in [0.1, 0.15) is 22.4 Å². The summed E-state index contributed by atoms with van der Waals surface area (Å²) in [5.41, 5.74) is 5.84. The van der Waals surface area contributed by atoms with E-state index in [9.17, 15) is 4.79 Å². The van der Waals surface area contributed by atoms with E-state index in [4.69, 9.17) is 10.5 Å². The maximum atomic E-state index is 11.2. The van der Waals surface area contributed by atoms with E-state index in [0.29, 0.717) is 24.6 Å². The summed E-state index contributed by atoms with van der Waals surface area (Å²) in [7, 11) is 1.31. The number of methoxy groups -OCH3 is 1. The highest BCUT2D eigenvalue weighted by molar-refractivity contribution is 7.15. The number of hydrogen-bond acceptors (Lipinski definition) is 6. The zero-order chi connectivity index (χ0) is 11.3. The Hall–Kier alpha value is -1.14. The SMILES string of the molecule is CCOCCc1nc(C(=O)OC)c(N)s1. The van der Waals surface area contributed by atoms with Crippen molar-refractivity contribution < 1.29 is 14.3 Å². The van der Waals surface area contributed by atoms with E-state index in [-0.39, 0.29) is 5.69 Å². The van der Waals surface area contributed by atoms with Gasteiger partial charge in [-0.15, -0.1) is 11.3 Å². The first-order valence-electron chi connectivity index (χ1n) is 4.60. The predicted octanol–water partition coefficient (Wildman–Crippen LogP) is 1.09. The number of anilines is 1. The average Bonchev–Trinajstić information content (AvgIpc) is 2.59. The number of ether oxygens (including phenoxy) is 2. The summed E-state index contributed by atoms with van der Waals surface area (Å²) in [6.07, 6.45) is 0.666. The van der Waals surface area contributed by atoms with Crippen LogP contribution in [-0.2, 0) is 15.9 Å². The van der Waals surface area contributed by atoms with Crippen molar-refractivity contribution in [3.8, 4) is 0 Å². The van der Waals surface area contributed by atoms with E-state index in [1.165, 1.54) is 18.4 Å². The number of carbonyl (C=O) groups excluding carboxylic acids is 1. The second-order valence-corrected chi connectivity index (χ2v) is 3.87. The molecule has 0 fully saturated rings. The number of rotatable bonds is 5. The summed E-state index contributed by atoms with van der Waals surface area (Å²) in [4.78, 5) is 15.3. The Bertz CT molecular complexity index is 338. The van der Waals surface area contributed by atoms with Crippen LogP contribution in [0.5, 0.6) is 0 Å². The highest BCUT2D eigenvalue weighted by atomic mass is 32.1.